The van der Waals surface area contributed by atoms with Crippen LogP contribution in [0.5, 0.6) is 5.75 Å². The Hall–Kier alpha value is -4.09. The maximum Gasteiger partial charge on any atom is 0.368 e. The SMILES string of the molecule is Cn1nnn(-c2cc(Nc3ncc(C#N)c(NCC4CCCN5CCCCC45)n3)c(F)cc2OC(C)(C)CO)c1=O. The third-order valence-corrected chi connectivity index (χ3v) is 7.68. The summed E-state index contributed by atoms with van der Waals surface area (Å²) in [6, 6.07) is 5.09. The highest BCUT2D eigenvalue weighted by molar-refractivity contribution is 5.64. The van der Waals surface area contributed by atoms with Gasteiger partial charge in [0.1, 0.15) is 34.5 Å². The molecule has 0 bridgehead atoms. The molecule has 41 heavy (non-hydrogen) atoms. The molecule has 14 heteroatoms. The van der Waals surface area contributed by atoms with Gasteiger partial charge < -0.3 is 25.4 Å². The van der Waals surface area contributed by atoms with Crippen molar-refractivity contribution in [3.63, 3.8) is 0 Å². The van der Waals surface area contributed by atoms with Crippen LogP contribution in [0.25, 0.3) is 5.69 Å². The number of tetrazole rings is 1. The molecular formula is C27H35FN10O3. The van der Waals surface area contributed by atoms with E-state index >= 15 is 4.39 Å². The number of hydrogen-bond acceptors (Lipinski definition) is 11. The van der Waals surface area contributed by atoms with Gasteiger partial charge in [-0.25, -0.2) is 14.2 Å². The molecule has 2 fully saturated rings. The van der Waals surface area contributed by atoms with Crippen LogP contribution in [0.4, 0.5) is 21.8 Å². The molecule has 1 aromatic carbocycles. The lowest BCUT2D eigenvalue weighted by Crippen LogP contribution is -2.49. The van der Waals surface area contributed by atoms with Gasteiger partial charge in [-0.2, -0.15) is 19.6 Å². The Morgan fingerprint density at radius 2 is 2.02 bits per heavy atom. The lowest BCUT2D eigenvalue weighted by atomic mass is 9.83. The van der Waals surface area contributed by atoms with Crippen molar-refractivity contribution in [1.82, 2.24) is 34.7 Å². The van der Waals surface area contributed by atoms with E-state index in [1.807, 2.05) is 0 Å². The highest BCUT2D eigenvalue weighted by Gasteiger charge is 2.33. The molecule has 2 aliphatic rings. The zero-order valence-electron chi connectivity index (χ0n) is 23.5. The smallest absolute Gasteiger partial charge is 0.368 e. The minimum absolute atomic E-state index is 0.0120. The quantitative estimate of drug-likeness (QED) is 0.349. The molecule has 0 radical (unpaired) electrons. The van der Waals surface area contributed by atoms with Crippen molar-refractivity contribution in [2.45, 2.75) is 57.6 Å². The monoisotopic (exact) mass is 566 g/mol. The van der Waals surface area contributed by atoms with E-state index < -0.39 is 17.1 Å². The van der Waals surface area contributed by atoms with Gasteiger partial charge in [0.05, 0.1) is 18.5 Å². The van der Waals surface area contributed by atoms with Crippen molar-refractivity contribution in [2.75, 3.05) is 36.9 Å². The summed E-state index contributed by atoms with van der Waals surface area (Å²) in [7, 11) is 1.44. The minimum Gasteiger partial charge on any atom is -0.483 e. The van der Waals surface area contributed by atoms with Gasteiger partial charge in [-0.3, -0.25) is 0 Å². The maximum absolute atomic E-state index is 15.3. The number of rotatable bonds is 9. The molecule has 2 aromatic heterocycles. The van der Waals surface area contributed by atoms with E-state index in [1.54, 1.807) is 13.8 Å². The molecule has 5 rings (SSSR count). The first-order valence-corrected chi connectivity index (χ1v) is 13.8. The zero-order chi connectivity index (χ0) is 29.1. The van der Waals surface area contributed by atoms with Crippen LogP contribution in [0.15, 0.2) is 23.1 Å². The lowest BCUT2D eigenvalue weighted by Gasteiger charge is -2.44. The van der Waals surface area contributed by atoms with E-state index in [4.69, 9.17) is 4.74 Å². The topological polar surface area (TPSA) is 159 Å². The Balaban J connectivity index is 1.42. The van der Waals surface area contributed by atoms with Crippen LogP contribution in [0.2, 0.25) is 0 Å². The van der Waals surface area contributed by atoms with E-state index in [-0.39, 0.29) is 35.2 Å². The fourth-order valence-corrected chi connectivity index (χ4v) is 5.50. The van der Waals surface area contributed by atoms with Gasteiger partial charge >= 0.3 is 5.69 Å². The summed E-state index contributed by atoms with van der Waals surface area (Å²) < 4.78 is 23.2. The summed E-state index contributed by atoms with van der Waals surface area (Å²) in [5, 5.41) is 33.1. The molecule has 2 atom stereocenters. The van der Waals surface area contributed by atoms with Crippen molar-refractivity contribution in [3.8, 4) is 17.5 Å². The average Bonchev–Trinajstić information content (AvgIpc) is 3.30. The molecule has 13 nitrogen and oxygen atoms in total. The Morgan fingerprint density at radius 1 is 1.22 bits per heavy atom. The fraction of sp³-hybridized carbons (Fsp3) is 0.556. The number of piperidine rings is 2. The van der Waals surface area contributed by atoms with Crippen molar-refractivity contribution in [3.05, 3.63) is 40.2 Å². The van der Waals surface area contributed by atoms with Gasteiger partial charge in [0.25, 0.3) is 0 Å². The van der Waals surface area contributed by atoms with E-state index in [1.165, 1.54) is 38.6 Å². The summed E-state index contributed by atoms with van der Waals surface area (Å²) in [6.07, 6.45) is 7.31. The van der Waals surface area contributed by atoms with Crippen LogP contribution in [-0.2, 0) is 7.05 Å². The summed E-state index contributed by atoms with van der Waals surface area (Å²) in [4.78, 5) is 23.9. The zero-order valence-corrected chi connectivity index (χ0v) is 23.5. The van der Waals surface area contributed by atoms with E-state index in [2.05, 4.69) is 42.0 Å². The number of aliphatic hydroxyl groups excluding tert-OH is 1. The number of hydrogen-bond donors (Lipinski definition) is 3. The van der Waals surface area contributed by atoms with Gasteiger partial charge in [-0.1, -0.05) is 6.42 Å². The lowest BCUT2D eigenvalue weighted by molar-refractivity contribution is 0.0408. The number of nitriles is 1. The number of aromatic nitrogens is 6. The van der Waals surface area contributed by atoms with Gasteiger partial charge in [0.2, 0.25) is 5.95 Å². The summed E-state index contributed by atoms with van der Waals surface area (Å²) in [5.41, 5.74) is -1.29. The van der Waals surface area contributed by atoms with Crippen molar-refractivity contribution in [1.29, 1.82) is 5.26 Å². The molecule has 2 unspecified atom stereocenters. The van der Waals surface area contributed by atoms with Gasteiger partial charge in [-0.05, 0) is 75.0 Å². The molecule has 2 aliphatic heterocycles. The number of nitrogens with zero attached hydrogens (tertiary/aromatic N) is 8. The second-order valence-electron chi connectivity index (χ2n) is 11.2. The second kappa shape index (κ2) is 11.8. The Labute approximate surface area is 236 Å². The van der Waals surface area contributed by atoms with Crippen LogP contribution >= 0.6 is 0 Å². The predicted octanol–water partition coefficient (Wildman–Crippen LogP) is 2.34. The third kappa shape index (κ3) is 6.15. The molecule has 0 spiro atoms. The molecule has 0 amide bonds. The van der Waals surface area contributed by atoms with Crippen LogP contribution in [0, 0.1) is 23.1 Å². The summed E-state index contributed by atoms with van der Waals surface area (Å²) in [5.74, 6) is 0.157. The Kier molecular flexibility index (Phi) is 8.18. The minimum atomic E-state index is -1.06. The van der Waals surface area contributed by atoms with Crippen molar-refractivity contribution >= 4 is 17.5 Å². The molecule has 0 aliphatic carbocycles. The fourth-order valence-electron chi connectivity index (χ4n) is 5.50. The van der Waals surface area contributed by atoms with Crippen LogP contribution < -0.4 is 21.1 Å². The summed E-state index contributed by atoms with van der Waals surface area (Å²) >= 11 is 0. The van der Waals surface area contributed by atoms with Crippen LogP contribution in [0.1, 0.15) is 51.5 Å². The van der Waals surface area contributed by atoms with E-state index in [0.717, 1.165) is 41.4 Å². The molecular weight excluding hydrogens is 531 g/mol. The first-order chi connectivity index (χ1) is 19.7. The largest absolute Gasteiger partial charge is 0.483 e. The highest BCUT2D eigenvalue weighted by atomic mass is 19.1. The molecule has 3 aromatic rings. The normalized spacial score (nSPS) is 19.3. The molecule has 4 heterocycles. The maximum atomic E-state index is 15.3. The first-order valence-electron chi connectivity index (χ1n) is 13.8. The highest BCUT2D eigenvalue weighted by Crippen LogP contribution is 2.33. The van der Waals surface area contributed by atoms with Gasteiger partial charge in [-0.15, -0.1) is 0 Å². The van der Waals surface area contributed by atoms with E-state index in [0.29, 0.717) is 24.3 Å². The standard InChI is InChI=1S/C27H35FN10O3/c1-27(2,16-39)41-23-11-19(28)20(12-22(23)38-26(40)36(3)34-35-38)32-25-31-15-18(13-29)24(33-25)30-14-17-7-6-10-37-9-5-4-8-21(17)37/h11-12,15,17,21,39H,4-10,14,16H2,1-3H3,(H2,30,31,32,33). The second-order valence-corrected chi connectivity index (χ2v) is 11.2. The predicted molar refractivity (Wildman–Crippen MR) is 149 cm³/mol. The number of aryl methyl sites for hydroxylation is 1. The van der Waals surface area contributed by atoms with Crippen molar-refractivity contribution < 1.29 is 14.2 Å². The van der Waals surface area contributed by atoms with Crippen molar-refractivity contribution in [2.24, 2.45) is 13.0 Å². The van der Waals surface area contributed by atoms with Gasteiger partial charge in [0, 0.05) is 25.7 Å². The van der Waals surface area contributed by atoms with Crippen LogP contribution in [0.3, 0.4) is 0 Å². The molecule has 2 saturated heterocycles. The number of fused-ring (bicyclic) bond motifs is 1. The number of anilines is 3. The number of halogens is 1. The number of ether oxygens (including phenoxy) is 1. The average molecular weight is 567 g/mol. The third-order valence-electron chi connectivity index (χ3n) is 7.68. The number of nitrogens with one attached hydrogen (secondary N) is 2. The molecule has 218 valence electrons. The number of aliphatic hydroxyl groups is 1. The molecule has 0 saturated carbocycles. The molecule has 3 N–H and O–H groups in total. The number of benzene rings is 1. The first kappa shape index (κ1) is 28.4. The van der Waals surface area contributed by atoms with E-state index in [9.17, 15) is 15.2 Å². The van der Waals surface area contributed by atoms with Crippen LogP contribution in [-0.4, -0.2) is 77.6 Å². The Bertz CT molecular complexity index is 1500. The van der Waals surface area contributed by atoms with Gasteiger partial charge in [0.15, 0.2) is 5.82 Å². The Morgan fingerprint density at radius 3 is 2.76 bits per heavy atom. The summed E-state index contributed by atoms with van der Waals surface area (Å²) in [6.45, 7) is 5.85.